The molecule has 2 unspecified atom stereocenters. The molecule has 0 aromatic rings. The van der Waals surface area contributed by atoms with Gasteiger partial charge < -0.3 is 15.0 Å². The third-order valence-corrected chi connectivity index (χ3v) is 2.80. The monoisotopic (exact) mass is 296 g/mol. The lowest BCUT2D eigenvalue weighted by atomic mass is 10.2. The Morgan fingerprint density at radius 2 is 1.80 bits per heavy atom. The molecule has 0 radical (unpaired) electrons. The smallest absolute Gasteiger partial charge is 0.444 e. The largest absolute Gasteiger partial charge is 0.471 e. The van der Waals surface area contributed by atoms with E-state index in [0.717, 1.165) is 0 Å². The molecule has 20 heavy (non-hydrogen) atoms. The molecule has 8 heteroatoms. The average molecular weight is 296 g/mol. The summed E-state index contributed by atoms with van der Waals surface area (Å²) < 4.78 is 41.6. The van der Waals surface area contributed by atoms with Crippen LogP contribution in [0.15, 0.2) is 0 Å². The maximum absolute atomic E-state index is 12.2. The lowest BCUT2D eigenvalue weighted by Crippen LogP contribution is -2.45. The van der Waals surface area contributed by atoms with E-state index in [-0.39, 0.29) is 19.0 Å². The van der Waals surface area contributed by atoms with Crippen molar-refractivity contribution < 1.29 is 27.5 Å². The number of alkyl halides is 3. The third-order valence-electron chi connectivity index (χ3n) is 2.80. The third kappa shape index (κ3) is 4.57. The zero-order valence-electron chi connectivity index (χ0n) is 11.9. The summed E-state index contributed by atoms with van der Waals surface area (Å²) in [6.07, 6.45) is -5.24. The van der Waals surface area contributed by atoms with Gasteiger partial charge >= 0.3 is 18.2 Å². The van der Waals surface area contributed by atoms with Crippen molar-refractivity contribution in [3.8, 4) is 0 Å². The molecule has 1 rings (SSSR count). The fourth-order valence-electron chi connectivity index (χ4n) is 1.98. The highest BCUT2D eigenvalue weighted by molar-refractivity contribution is 5.82. The summed E-state index contributed by atoms with van der Waals surface area (Å²) in [7, 11) is 0. The van der Waals surface area contributed by atoms with Gasteiger partial charge in [0.1, 0.15) is 5.60 Å². The Hall–Kier alpha value is -1.47. The summed E-state index contributed by atoms with van der Waals surface area (Å²) in [5.74, 6) is -1.99. The first-order chi connectivity index (χ1) is 8.90. The molecule has 0 saturated carbocycles. The number of amides is 2. The Morgan fingerprint density at radius 3 is 2.25 bits per heavy atom. The van der Waals surface area contributed by atoms with Gasteiger partial charge in [-0.15, -0.1) is 0 Å². The van der Waals surface area contributed by atoms with Crippen LogP contribution in [0.1, 0.15) is 34.1 Å². The Balaban J connectivity index is 2.59. The zero-order chi connectivity index (χ0) is 15.7. The van der Waals surface area contributed by atoms with E-state index in [9.17, 15) is 22.8 Å². The zero-order valence-corrected chi connectivity index (χ0v) is 11.9. The average Bonchev–Trinajstić information content (AvgIpc) is 2.55. The number of nitrogens with zero attached hydrogens (tertiary/aromatic N) is 1. The lowest BCUT2D eigenvalue weighted by molar-refractivity contribution is -0.174. The second-order valence-electron chi connectivity index (χ2n) is 5.89. The Morgan fingerprint density at radius 1 is 1.25 bits per heavy atom. The van der Waals surface area contributed by atoms with E-state index in [2.05, 4.69) is 0 Å². The van der Waals surface area contributed by atoms with Crippen molar-refractivity contribution in [1.29, 1.82) is 0 Å². The van der Waals surface area contributed by atoms with Crippen LogP contribution in [0, 0.1) is 0 Å². The number of ether oxygens (including phenoxy) is 1. The van der Waals surface area contributed by atoms with Gasteiger partial charge in [0, 0.05) is 18.6 Å². The van der Waals surface area contributed by atoms with Crippen molar-refractivity contribution >= 4 is 12.0 Å². The van der Waals surface area contributed by atoms with Crippen LogP contribution < -0.4 is 5.32 Å². The van der Waals surface area contributed by atoms with Gasteiger partial charge in [-0.25, -0.2) is 4.79 Å². The number of rotatable bonds is 1. The number of nitrogens with one attached hydrogen (secondary N) is 1. The molecule has 1 aliphatic heterocycles. The number of carbonyl (C=O) groups excluding carboxylic acids is 2. The van der Waals surface area contributed by atoms with Gasteiger partial charge in [-0.3, -0.25) is 4.79 Å². The summed E-state index contributed by atoms with van der Waals surface area (Å²) in [4.78, 5) is 24.1. The molecule has 5 nitrogen and oxygen atoms in total. The van der Waals surface area contributed by atoms with Crippen LogP contribution in [-0.4, -0.2) is 47.3 Å². The molecule has 1 heterocycles. The SMILES string of the molecule is CC1CC(NC(=O)C(F)(F)F)CN1C(=O)OC(C)(C)C. The highest BCUT2D eigenvalue weighted by Gasteiger charge is 2.42. The Labute approximate surface area is 115 Å². The first kappa shape index (κ1) is 16.6. The van der Waals surface area contributed by atoms with Crippen molar-refractivity contribution in [3.63, 3.8) is 0 Å². The van der Waals surface area contributed by atoms with Crippen molar-refractivity contribution in [2.75, 3.05) is 6.54 Å². The lowest BCUT2D eigenvalue weighted by Gasteiger charge is -2.26. The molecule has 0 aliphatic carbocycles. The van der Waals surface area contributed by atoms with Gasteiger partial charge in [-0.1, -0.05) is 0 Å². The van der Waals surface area contributed by atoms with Gasteiger partial charge in [0.25, 0.3) is 0 Å². The molecular weight excluding hydrogens is 277 g/mol. The van der Waals surface area contributed by atoms with Crippen molar-refractivity contribution in [1.82, 2.24) is 10.2 Å². The number of likely N-dealkylation sites (tertiary alicyclic amines) is 1. The fraction of sp³-hybridized carbons (Fsp3) is 0.833. The summed E-state index contributed by atoms with van der Waals surface area (Å²) in [6, 6.07) is -1.00. The van der Waals surface area contributed by atoms with Gasteiger partial charge in [-0.05, 0) is 34.1 Å². The van der Waals surface area contributed by atoms with E-state index in [1.807, 2.05) is 5.32 Å². The van der Waals surface area contributed by atoms with Crippen LogP contribution in [-0.2, 0) is 9.53 Å². The standard InChI is InChI=1S/C12H19F3N2O3/c1-7-5-8(16-9(18)12(13,14)15)6-17(7)10(19)20-11(2,3)4/h7-8H,5-6H2,1-4H3,(H,16,18). The predicted molar refractivity (Wildman–Crippen MR) is 65.0 cm³/mol. The van der Waals surface area contributed by atoms with Crippen LogP contribution in [0.5, 0.6) is 0 Å². The quantitative estimate of drug-likeness (QED) is 0.806. The second kappa shape index (κ2) is 5.49. The predicted octanol–water partition coefficient (Wildman–Crippen LogP) is 2.06. The van der Waals surface area contributed by atoms with Crippen molar-refractivity contribution in [2.45, 2.75) is 58.0 Å². The molecule has 116 valence electrons. The van der Waals surface area contributed by atoms with Crippen molar-refractivity contribution in [2.24, 2.45) is 0 Å². The van der Waals surface area contributed by atoms with Crippen molar-refractivity contribution in [3.05, 3.63) is 0 Å². The molecule has 1 N–H and O–H groups in total. The van der Waals surface area contributed by atoms with Crippen LogP contribution in [0.4, 0.5) is 18.0 Å². The van der Waals surface area contributed by atoms with E-state index in [0.29, 0.717) is 0 Å². The first-order valence-corrected chi connectivity index (χ1v) is 6.27. The minimum absolute atomic E-state index is 0.0118. The maximum atomic E-state index is 12.2. The van der Waals surface area contributed by atoms with Crippen LogP contribution in [0.25, 0.3) is 0 Å². The van der Waals surface area contributed by atoms with E-state index in [1.54, 1.807) is 27.7 Å². The number of halogens is 3. The van der Waals surface area contributed by atoms with Crippen LogP contribution in [0.2, 0.25) is 0 Å². The van der Waals surface area contributed by atoms with Gasteiger partial charge in [0.05, 0.1) is 0 Å². The van der Waals surface area contributed by atoms with Crippen LogP contribution >= 0.6 is 0 Å². The van der Waals surface area contributed by atoms with Gasteiger partial charge in [0.15, 0.2) is 0 Å². The first-order valence-electron chi connectivity index (χ1n) is 6.27. The summed E-state index contributed by atoms with van der Waals surface area (Å²) in [5, 5.41) is 1.88. The molecule has 0 aromatic heterocycles. The molecule has 0 aromatic carbocycles. The molecular formula is C12H19F3N2O3. The van der Waals surface area contributed by atoms with E-state index >= 15 is 0 Å². The summed E-state index contributed by atoms with van der Waals surface area (Å²) >= 11 is 0. The van der Waals surface area contributed by atoms with E-state index < -0.39 is 29.8 Å². The Bertz CT molecular complexity index is 390. The molecule has 1 fully saturated rings. The minimum Gasteiger partial charge on any atom is -0.444 e. The topological polar surface area (TPSA) is 58.6 Å². The number of hydrogen-bond donors (Lipinski definition) is 1. The molecule has 0 spiro atoms. The van der Waals surface area contributed by atoms with Gasteiger partial charge in [0.2, 0.25) is 0 Å². The molecule has 1 aliphatic rings. The normalized spacial score (nSPS) is 23.6. The number of hydrogen-bond acceptors (Lipinski definition) is 3. The Kier molecular flexibility index (Phi) is 4.55. The van der Waals surface area contributed by atoms with Crippen LogP contribution in [0.3, 0.4) is 0 Å². The molecule has 1 saturated heterocycles. The maximum Gasteiger partial charge on any atom is 0.471 e. The summed E-state index contributed by atoms with van der Waals surface area (Å²) in [6.45, 7) is 6.82. The fourth-order valence-corrected chi connectivity index (χ4v) is 1.98. The highest BCUT2D eigenvalue weighted by atomic mass is 19.4. The minimum atomic E-state index is -4.91. The van der Waals surface area contributed by atoms with E-state index in [4.69, 9.17) is 4.74 Å². The summed E-state index contributed by atoms with van der Waals surface area (Å²) in [5.41, 5.74) is -0.676. The molecule has 2 amide bonds. The number of carbonyl (C=O) groups is 2. The highest BCUT2D eigenvalue weighted by Crippen LogP contribution is 2.22. The van der Waals surface area contributed by atoms with Gasteiger partial charge in [-0.2, -0.15) is 13.2 Å². The molecule has 2 atom stereocenters. The second-order valence-corrected chi connectivity index (χ2v) is 5.89. The van der Waals surface area contributed by atoms with E-state index in [1.165, 1.54) is 4.90 Å². The molecule has 0 bridgehead atoms.